The van der Waals surface area contributed by atoms with Gasteiger partial charge in [0.25, 0.3) is 0 Å². The Bertz CT molecular complexity index is 1160. The Hall–Kier alpha value is -2.86. The summed E-state index contributed by atoms with van der Waals surface area (Å²) >= 11 is 0. The smallest absolute Gasteiger partial charge is 0.351 e. The zero-order chi connectivity index (χ0) is 28.2. The molecule has 9 atom stereocenters. The standard InChI is InChI=1S/C20H29N4O13P/c1-9(26)22-11-3-2-10(36-18(11)15(28)12(27)6-25)7-34-38(32,33)35-8-13-16(29)17(30)19(37-13)24-5-4-14(21)23-20(24)31/h2-5,7,11-13,15-19,25,27-30H,6,8H2,1H3,(H,22,26)(H,32,33)(H2,21,23,31)/p-1/b10-7+/t11-,12-,13-,15-,16+,17?,18?,19-/m1/s1. The van der Waals surface area contributed by atoms with Crippen LogP contribution in [-0.2, 0) is 27.9 Å². The zero-order valence-corrected chi connectivity index (χ0v) is 20.7. The molecule has 0 aromatic carbocycles. The second kappa shape index (κ2) is 12.3. The molecule has 18 heteroatoms. The average Bonchev–Trinajstić information content (AvgIpc) is 3.14. The number of nitrogens with zero attached hydrogens (tertiary/aromatic N) is 2. The molecule has 17 nitrogen and oxygen atoms in total. The topological polar surface area (TPSA) is 268 Å². The molecule has 0 aliphatic carbocycles. The van der Waals surface area contributed by atoms with Gasteiger partial charge in [-0.1, -0.05) is 6.08 Å². The van der Waals surface area contributed by atoms with Crippen molar-refractivity contribution in [2.75, 3.05) is 18.9 Å². The number of rotatable bonds is 10. The third-order valence-electron chi connectivity index (χ3n) is 5.54. The molecule has 2 aliphatic rings. The largest absolute Gasteiger partial charge is 0.746 e. The van der Waals surface area contributed by atoms with E-state index in [2.05, 4.69) is 14.8 Å². The Morgan fingerprint density at radius 1 is 1.39 bits per heavy atom. The van der Waals surface area contributed by atoms with Crippen LogP contribution >= 0.6 is 7.82 Å². The summed E-state index contributed by atoms with van der Waals surface area (Å²) < 4.78 is 33.3. The molecule has 0 saturated carbocycles. The Morgan fingerprint density at radius 2 is 2.11 bits per heavy atom. The highest BCUT2D eigenvalue weighted by Gasteiger charge is 2.44. The van der Waals surface area contributed by atoms with Gasteiger partial charge in [0.2, 0.25) is 5.91 Å². The fourth-order valence-electron chi connectivity index (χ4n) is 3.65. The van der Waals surface area contributed by atoms with Crippen LogP contribution in [0.5, 0.6) is 0 Å². The van der Waals surface area contributed by atoms with Crippen molar-refractivity contribution in [2.24, 2.45) is 0 Å². The summed E-state index contributed by atoms with van der Waals surface area (Å²) in [4.78, 5) is 39.1. The van der Waals surface area contributed by atoms with Gasteiger partial charge in [-0.2, -0.15) is 4.98 Å². The molecule has 1 aromatic heterocycles. The monoisotopic (exact) mass is 563 g/mol. The molecule has 2 aliphatic heterocycles. The van der Waals surface area contributed by atoms with Crippen LogP contribution < -0.4 is 21.6 Å². The molecule has 8 N–H and O–H groups in total. The maximum Gasteiger partial charge on any atom is 0.351 e. The number of allylic oxidation sites excluding steroid dienone is 1. The number of anilines is 1. The first kappa shape index (κ1) is 29.7. The van der Waals surface area contributed by atoms with Crippen LogP contribution in [0.3, 0.4) is 0 Å². The van der Waals surface area contributed by atoms with E-state index in [1.165, 1.54) is 31.3 Å². The van der Waals surface area contributed by atoms with E-state index in [9.17, 15) is 39.5 Å². The predicted octanol–water partition coefficient (Wildman–Crippen LogP) is -4.04. The number of nitrogens with one attached hydrogen (secondary N) is 1. The summed E-state index contributed by atoms with van der Waals surface area (Å²) in [6.45, 7) is -0.414. The van der Waals surface area contributed by atoms with Crippen LogP contribution in [0, 0.1) is 0 Å². The number of hydrogen-bond acceptors (Lipinski definition) is 15. The van der Waals surface area contributed by atoms with Crippen LogP contribution in [0.2, 0.25) is 0 Å². The molecule has 1 saturated heterocycles. The highest BCUT2D eigenvalue weighted by atomic mass is 31.2. The maximum atomic E-state index is 12.2. The second-order valence-electron chi connectivity index (χ2n) is 8.37. The molecule has 3 heterocycles. The number of hydrogen-bond donors (Lipinski definition) is 7. The van der Waals surface area contributed by atoms with Crippen LogP contribution in [0.15, 0.2) is 41.2 Å². The van der Waals surface area contributed by atoms with Gasteiger partial charge in [0, 0.05) is 13.1 Å². The van der Waals surface area contributed by atoms with E-state index in [-0.39, 0.29) is 11.6 Å². The van der Waals surface area contributed by atoms with Gasteiger partial charge in [0.05, 0.1) is 19.3 Å². The number of nitrogen functional groups attached to an aromatic ring is 1. The van der Waals surface area contributed by atoms with Crippen molar-refractivity contribution in [1.82, 2.24) is 14.9 Å². The number of phosphoric ester groups is 1. The first-order valence-electron chi connectivity index (χ1n) is 11.1. The molecule has 0 spiro atoms. The molecule has 0 bridgehead atoms. The van der Waals surface area contributed by atoms with Crippen molar-refractivity contribution in [3.05, 3.63) is 46.9 Å². The van der Waals surface area contributed by atoms with E-state index in [1.54, 1.807) is 0 Å². The fourth-order valence-corrected chi connectivity index (χ4v) is 4.27. The van der Waals surface area contributed by atoms with Gasteiger partial charge in [0.1, 0.15) is 42.6 Å². The van der Waals surface area contributed by atoms with Crippen LogP contribution in [0.1, 0.15) is 13.2 Å². The Kier molecular flexibility index (Phi) is 9.64. The first-order chi connectivity index (χ1) is 17.8. The van der Waals surface area contributed by atoms with Crippen molar-refractivity contribution in [2.45, 2.75) is 55.8 Å². The lowest BCUT2D eigenvalue weighted by atomic mass is 9.98. The SMILES string of the molecule is CC(=O)N[C@@H]1C=C/C(=C\OP(=O)([O-])OC[C@H]2O[C@@H](n3ccc(N)nc3=O)C(O)[C@H]2O)OC1[C@H](O)[C@H](O)CO. The van der Waals surface area contributed by atoms with Gasteiger partial charge in [-0.15, -0.1) is 0 Å². The summed E-state index contributed by atoms with van der Waals surface area (Å²) in [5.41, 5.74) is 4.54. The van der Waals surface area contributed by atoms with E-state index >= 15 is 0 Å². The van der Waals surface area contributed by atoms with Crippen LogP contribution in [0.25, 0.3) is 0 Å². The van der Waals surface area contributed by atoms with Crippen molar-refractivity contribution in [3.8, 4) is 0 Å². The molecule has 1 aromatic rings. The zero-order valence-electron chi connectivity index (χ0n) is 19.8. The lowest BCUT2D eigenvalue weighted by molar-refractivity contribution is -0.224. The first-order valence-corrected chi connectivity index (χ1v) is 12.6. The number of nitrogens with two attached hydrogens (primary N) is 1. The normalized spacial score (nSPS) is 31.3. The van der Waals surface area contributed by atoms with Crippen molar-refractivity contribution < 1.29 is 58.3 Å². The van der Waals surface area contributed by atoms with E-state index < -0.39 is 81.5 Å². The second-order valence-corrected chi connectivity index (χ2v) is 9.73. The van der Waals surface area contributed by atoms with Crippen LogP contribution in [-0.4, -0.2) is 96.9 Å². The van der Waals surface area contributed by atoms with Gasteiger partial charge >= 0.3 is 13.5 Å². The van der Waals surface area contributed by atoms with Gasteiger partial charge in [-0.25, -0.2) is 4.79 Å². The molecule has 1 fully saturated rings. The molecule has 1 amide bonds. The quantitative estimate of drug-likeness (QED) is 0.105. The molecular formula is C20H28N4O13P-. The summed E-state index contributed by atoms with van der Waals surface area (Å²) in [5.74, 6) is -0.810. The van der Waals surface area contributed by atoms with E-state index in [4.69, 9.17) is 24.8 Å². The number of aromatic nitrogens is 2. The highest BCUT2D eigenvalue weighted by Crippen LogP contribution is 2.41. The van der Waals surface area contributed by atoms with E-state index in [0.29, 0.717) is 6.26 Å². The maximum absolute atomic E-state index is 12.2. The average molecular weight is 563 g/mol. The number of aliphatic hydroxyl groups excluding tert-OH is 5. The molecule has 212 valence electrons. The van der Waals surface area contributed by atoms with Gasteiger partial charge < -0.3 is 60.0 Å². The van der Waals surface area contributed by atoms with Gasteiger partial charge in [0.15, 0.2) is 18.1 Å². The minimum atomic E-state index is -5.10. The Morgan fingerprint density at radius 3 is 2.74 bits per heavy atom. The minimum Gasteiger partial charge on any atom is -0.746 e. The highest BCUT2D eigenvalue weighted by molar-refractivity contribution is 7.46. The van der Waals surface area contributed by atoms with Crippen LogP contribution in [0.4, 0.5) is 5.82 Å². The molecule has 0 radical (unpaired) electrons. The van der Waals surface area contributed by atoms with Gasteiger partial charge in [-0.3, -0.25) is 13.9 Å². The van der Waals surface area contributed by atoms with E-state index in [0.717, 1.165) is 4.57 Å². The number of ether oxygens (including phenoxy) is 2. The molecule has 3 unspecified atom stereocenters. The van der Waals surface area contributed by atoms with E-state index in [1.807, 2.05) is 0 Å². The predicted molar refractivity (Wildman–Crippen MR) is 122 cm³/mol. The Balaban J connectivity index is 1.63. The number of carbonyl (C=O) groups is 1. The molecule has 38 heavy (non-hydrogen) atoms. The van der Waals surface area contributed by atoms with Crippen molar-refractivity contribution >= 4 is 19.5 Å². The van der Waals surface area contributed by atoms with Gasteiger partial charge in [-0.05, 0) is 12.1 Å². The van der Waals surface area contributed by atoms with Crippen molar-refractivity contribution in [3.63, 3.8) is 0 Å². The number of aliphatic hydroxyl groups is 5. The molecule has 3 rings (SSSR count). The summed E-state index contributed by atoms with van der Waals surface area (Å²) in [6.07, 6.45) is -6.33. The summed E-state index contributed by atoms with van der Waals surface area (Å²) in [5, 5.41) is 52.0. The Labute approximate surface area is 215 Å². The summed E-state index contributed by atoms with van der Waals surface area (Å²) in [7, 11) is -5.10. The number of amides is 1. The third kappa shape index (κ3) is 7.16. The third-order valence-corrected chi connectivity index (χ3v) is 6.37. The van der Waals surface area contributed by atoms with Crippen molar-refractivity contribution in [1.29, 1.82) is 0 Å². The lowest BCUT2D eigenvalue weighted by Crippen LogP contribution is -2.53. The lowest BCUT2D eigenvalue weighted by Gasteiger charge is -2.34. The number of phosphoric acid groups is 1. The fraction of sp³-hybridized carbons (Fsp3) is 0.550. The number of carbonyl (C=O) groups excluding carboxylic acids is 1. The molecular weight excluding hydrogens is 535 g/mol. The minimum absolute atomic E-state index is 0.0782. The summed E-state index contributed by atoms with van der Waals surface area (Å²) in [6, 6.07) is 0.329.